The number of sulfonamides is 1. The Kier molecular flexibility index (Phi) is 8.24. The number of amides is 1. The second-order valence-electron chi connectivity index (χ2n) is 7.72. The normalized spacial score (nSPS) is 11.2. The van der Waals surface area contributed by atoms with E-state index in [4.69, 9.17) is 4.74 Å². The molecule has 0 saturated heterocycles. The molecule has 0 fully saturated rings. The van der Waals surface area contributed by atoms with Crippen molar-refractivity contribution in [1.29, 1.82) is 0 Å². The van der Waals surface area contributed by atoms with E-state index in [1.165, 1.54) is 42.3 Å². The lowest BCUT2D eigenvalue weighted by Gasteiger charge is -2.24. The summed E-state index contributed by atoms with van der Waals surface area (Å²) in [7, 11) is -2.53. The van der Waals surface area contributed by atoms with Gasteiger partial charge in [-0.2, -0.15) is 0 Å². The average molecular weight is 541 g/mol. The summed E-state index contributed by atoms with van der Waals surface area (Å²) >= 11 is 2.76. The molecule has 1 aromatic heterocycles. The molecule has 0 aliphatic heterocycles. The topological polar surface area (TPSA) is 101 Å². The third-order valence-electron chi connectivity index (χ3n) is 5.11. The van der Waals surface area contributed by atoms with Gasteiger partial charge < -0.3 is 4.74 Å². The standard InChI is InChI=1S/C25H24N4O4S3/c1-18-8-10-20(11-9-18)29(36(31,32)22-14-12-21(33-2)13-15-22)16-23(30)26-24-27-28-25(35-24)34-17-19-6-4-3-5-7-19/h3-15H,16-17H2,1-2H3,(H,26,27,30). The number of nitrogens with zero attached hydrogens (tertiary/aromatic N) is 3. The van der Waals surface area contributed by atoms with Gasteiger partial charge in [-0.05, 0) is 48.9 Å². The fraction of sp³-hybridized carbons (Fsp3) is 0.160. The fourth-order valence-corrected chi connectivity index (χ4v) is 6.37. The molecule has 0 spiro atoms. The van der Waals surface area contributed by atoms with E-state index >= 15 is 0 Å². The summed E-state index contributed by atoms with van der Waals surface area (Å²) in [6, 6.07) is 22.9. The molecule has 1 amide bonds. The van der Waals surface area contributed by atoms with Crippen molar-refractivity contribution >= 4 is 49.8 Å². The van der Waals surface area contributed by atoms with Crippen LogP contribution in [0.5, 0.6) is 5.75 Å². The van der Waals surface area contributed by atoms with Gasteiger partial charge >= 0.3 is 0 Å². The van der Waals surface area contributed by atoms with Gasteiger partial charge in [0.05, 0.1) is 17.7 Å². The van der Waals surface area contributed by atoms with Crippen molar-refractivity contribution in [2.75, 3.05) is 23.3 Å². The van der Waals surface area contributed by atoms with Crippen LogP contribution in [0.1, 0.15) is 11.1 Å². The molecular weight excluding hydrogens is 517 g/mol. The van der Waals surface area contributed by atoms with Crippen LogP contribution in [0.25, 0.3) is 0 Å². The van der Waals surface area contributed by atoms with Gasteiger partial charge in [-0.1, -0.05) is 71.1 Å². The molecule has 0 radical (unpaired) electrons. The van der Waals surface area contributed by atoms with Crippen LogP contribution in [0.15, 0.2) is 88.1 Å². The Balaban J connectivity index is 1.49. The zero-order valence-electron chi connectivity index (χ0n) is 19.6. The van der Waals surface area contributed by atoms with Gasteiger partial charge in [-0.15, -0.1) is 10.2 Å². The minimum Gasteiger partial charge on any atom is -0.497 e. The van der Waals surface area contributed by atoms with Gasteiger partial charge in [-0.3, -0.25) is 14.4 Å². The van der Waals surface area contributed by atoms with Crippen molar-refractivity contribution in [3.05, 3.63) is 90.0 Å². The van der Waals surface area contributed by atoms with Gasteiger partial charge in [0.2, 0.25) is 11.0 Å². The zero-order chi connectivity index (χ0) is 25.5. The first-order valence-corrected chi connectivity index (χ1v) is 14.1. The first kappa shape index (κ1) is 25.7. The zero-order valence-corrected chi connectivity index (χ0v) is 22.1. The molecule has 0 unspecified atom stereocenters. The van der Waals surface area contributed by atoms with E-state index in [0.29, 0.717) is 20.9 Å². The first-order valence-electron chi connectivity index (χ1n) is 10.9. The summed E-state index contributed by atoms with van der Waals surface area (Å²) in [6.45, 7) is 1.48. The first-order chi connectivity index (χ1) is 17.3. The SMILES string of the molecule is COc1ccc(S(=O)(=O)N(CC(=O)Nc2nnc(SCc3ccccc3)s2)c2ccc(C)cc2)cc1. The van der Waals surface area contributed by atoms with Gasteiger partial charge in [-0.25, -0.2) is 8.42 Å². The van der Waals surface area contributed by atoms with E-state index < -0.39 is 22.5 Å². The van der Waals surface area contributed by atoms with Gasteiger partial charge in [0.15, 0.2) is 4.34 Å². The minimum atomic E-state index is -4.03. The number of aromatic nitrogens is 2. The van der Waals surface area contributed by atoms with Crippen molar-refractivity contribution in [3.63, 3.8) is 0 Å². The molecule has 8 nitrogen and oxygen atoms in total. The van der Waals surface area contributed by atoms with E-state index in [0.717, 1.165) is 21.2 Å². The third-order valence-corrected chi connectivity index (χ3v) is 8.95. The van der Waals surface area contributed by atoms with Gasteiger partial charge in [0.25, 0.3) is 10.0 Å². The molecule has 0 aliphatic rings. The average Bonchev–Trinajstić information content (AvgIpc) is 3.34. The maximum absolute atomic E-state index is 13.5. The molecule has 0 bridgehead atoms. The Morgan fingerprint density at radius 1 is 1.00 bits per heavy atom. The number of carbonyl (C=O) groups excluding carboxylic acids is 1. The summed E-state index contributed by atoms with van der Waals surface area (Å²) in [5, 5.41) is 11.1. The number of anilines is 2. The maximum Gasteiger partial charge on any atom is 0.264 e. The highest BCUT2D eigenvalue weighted by Crippen LogP contribution is 2.29. The quantitative estimate of drug-likeness (QED) is 0.224. The number of aryl methyl sites for hydroxylation is 1. The van der Waals surface area contributed by atoms with E-state index in [-0.39, 0.29) is 4.90 Å². The lowest BCUT2D eigenvalue weighted by molar-refractivity contribution is -0.114. The Morgan fingerprint density at radius 2 is 1.69 bits per heavy atom. The van der Waals surface area contributed by atoms with Crippen molar-refractivity contribution in [3.8, 4) is 5.75 Å². The molecule has 0 saturated carbocycles. The summed E-state index contributed by atoms with van der Waals surface area (Å²) in [6.07, 6.45) is 0. The van der Waals surface area contributed by atoms with Crippen LogP contribution < -0.4 is 14.4 Å². The van der Waals surface area contributed by atoms with Crippen LogP contribution in [-0.4, -0.2) is 38.2 Å². The minimum absolute atomic E-state index is 0.0483. The Hall–Kier alpha value is -3.41. The predicted molar refractivity (Wildman–Crippen MR) is 143 cm³/mol. The van der Waals surface area contributed by atoms with Crippen LogP contribution in [0, 0.1) is 6.92 Å². The molecule has 4 aromatic rings. The van der Waals surface area contributed by atoms with Crippen molar-refractivity contribution in [2.24, 2.45) is 0 Å². The second kappa shape index (κ2) is 11.5. The number of ether oxygens (including phenoxy) is 1. The highest BCUT2D eigenvalue weighted by molar-refractivity contribution is 8.00. The smallest absolute Gasteiger partial charge is 0.264 e. The van der Waals surface area contributed by atoms with Crippen LogP contribution in [0.3, 0.4) is 0 Å². The van der Waals surface area contributed by atoms with E-state index in [2.05, 4.69) is 15.5 Å². The maximum atomic E-state index is 13.5. The number of hydrogen-bond donors (Lipinski definition) is 1. The number of thioether (sulfide) groups is 1. The lowest BCUT2D eigenvalue weighted by atomic mass is 10.2. The largest absolute Gasteiger partial charge is 0.497 e. The van der Waals surface area contributed by atoms with E-state index in [1.807, 2.05) is 37.3 Å². The van der Waals surface area contributed by atoms with Crippen LogP contribution in [-0.2, 0) is 20.6 Å². The second-order valence-corrected chi connectivity index (χ2v) is 11.8. The monoisotopic (exact) mass is 540 g/mol. The molecule has 186 valence electrons. The predicted octanol–water partition coefficient (Wildman–Crippen LogP) is 4.98. The number of benzene rings is 3. The molecule has 4 rings (SSSR count). The Bertz CT molecular complexity index is 1410. The van der Waals surface area contributed by atoms with E-state index in [9.17, 15) is 13.2 Å². The molecule has 3 aromatic carbocycles. The summed E-state index contributed by atoms with van der Waals surface area (Å²) in [5.41, 5.74) is 2.50. The van der Waals surface area contributed by atoms with E-state index in [1.54, 1.807) is 36.4 Å². The molecule has 1 N–H and O–H groups in total. The number of methoxy groups -OCH3 is 1. The van der Waals surface area contributed by atoms with Crippen LogP contribution in [0.2, 0.25) is 0 Å². The molecule has 1 heterocycles. The number of carbonyl (C=O) groups is 1. The molecule has 0 aliphatic carbocycles. The third kappa shape index (κ3) is 6.42. The van der Waals surface area contributed by atoms with Crippen molar-refractivity contribution in [1.82, 2.24) is 10.2 Å². The van der Waals surface area contributed by atoms with Crippen molar-refractivity contribution < 1.29 is 17.9 Å². The highest BCUT2D eigenvalue weighted by Gasteiger charge is 2.27. The summed E-state index contributed by atoms with van der Waals surface area (Å²) in [4.78, 5) is 13.0. The highest BCUT2D eigenvalue weighted by atomic mass is 32.2. The molecule has 11 heteroatoms. The molecular formula is C25H24N4O4S3. The number of rotatable bonds is 10. The fourth-order valence-electron chi connectivity index (χ4n) is 3.23. The lowest BCUT2D eigenvalue weighted by Crippen LogP contribution is -2.38. The Labute approximate surface area is 218 Å². The summed E-state index contributed by atoms with van der Waals surface area (Å²) in [5.74, 6) is 0.735. The van der Waals surface area contributed by atoms with Crippen LogP contribution >= 0.6 is 23.1 Å². The van der Waals surface area contributed by atoms with Crippen molar-refractivity contribution in [2.45, 2.75) is 21.9 Å². The van der Waals surface area contributed by atoms with Gasteiger partial charge in [0.1, 0.15) is 12.3 Å². The number of hydrogen-bond acceptors (Lipinski definition) is 8. The van der Waals surface area contributed by atoms with Crippen LogP contribution in [0.4, 0.5) is 10.8 Å². The van der Waals surface area contributed by atoms with Gasteiger partial charge in [0, 0.05) is 5.75 Å². The Morgan fingerprint density at radius 3 is 2.36 bits per heavy atom. The molecule has 36 heavy (non-hydrogen) atoms. The number of nitrogens with one attached hydrogen (secondary N) is 1. The molecule has 0 atom stereocenters. The summed E-state index contributed by atoms with van der Waals surface area (Å²) < 4.78 is 33.9.